The van der Waals surface area contributed by atoms with Gasteiger partial charge in [0.25, 0.3) is 0 Å². The van der Waals surface area contributed by atoms with Gasteiger partial charge in [0.15, 0.2) is 17.3 Å². The molecule has 0 aliphatic rings. The van der Waals surface area contributed by atoms with Gasteiger partial charge in [0.1, 0.15) is 0 Å². The van der Waals surface area contributed by atoms with E-state index in [2.05, 4.69) is 15.3 Å². The number of hydrogen-bond acceptors (Lipinski definition) is 6. The Morgan fingerprint density at radius 1 is 1.18 bits per heavy atom. The third-order valence-corrected chi connectivity index (χ3v) is 3.46. The molecule has 0 radical (unpaired) electrons. The molecule has 0 aliphatic carbocycles. The molecule has 1 heterocycles. The minimum absolute atomic E-state index is 0.585. The van der Waals surface area contributed by atoms with Gasteiger partial charge < -0.3 is 9.47 Å². The fraction of sp³-hybridized carbons (Fsp3) is 0.400. The van der Waals surface area contributed by atoms with Crippen LogP contribution in [0.15, 0.2) is 28.5 Å². The Morgan fingerprint density at radius 3 is 2.59 bits per heavy atom. The number of ether oxygens (including phenoxy) is 2. The van der Waals surface area contributed by atoms with Crippen molar-refractivity contribution in [2.45, 2.75) is 25.9 Å². The second-order valence-corrected chi connectivity index (χ2v) is 5.14. The summed E-state index contributed by atoms with van der Waals surface area (Å²) in [6, 6.07) is 5.75. The molecule has 0 amide bonds. The molecule has 118 valence electrons. The zero-order valence-corrected chi connectivity index (χ0v) is 14.1. The largest absolute Gasteiger partial charge is 0.490 e. The second-order valence-electron chi connectivity index (χ2n) is 4.36. The molecule has 0 unspecified atom stereocenters. The first-order valence-electron chi connectivity index (χ1n) is 7.09. The molecule has 0 aliphatic heterocycles. The molecule has 0 bridgehead atoms. The van der Waals surface area contributed by atoms with E-state index in [0.29, 0.717) is 13.2 Å². The Labute approximate surface area is 134 Å². The Morgan fingerprint density at radius 2 is 1.91 bits per heavy atom. The minimum atomic E-state index is 0.585. The van der Waals surface area contributed by atoms with E-state index in [9.17, 15) is 0 Å². The smallest absolute Gasteiger partial charge is 0.211 e. The molecule has 0 spiro atoms. The molecule has 0 N–H and O–H groups in total. The summed E-state index contributed by atoms with van der Waals surface area (Å²) in [6.45, 7) is 6.95. The fourth-order valence-electron chi connectivity index (χ4n) is 1.87. The van der Waals surface area contributed by atoms with E-state index in [1.165, 1.54) is 11.8 Å². The number of aromatic nitrogens is 3. The highest BCUT2D eigenvalue weighted by Crippen LogP contribution is 2.28. The molecule has 2 rings (SSSR count). The van der Waals surface area contributed by atoms with Crippen molar-refractivity contribution >= 4 is 18.0 Å². The second kappa shape index (κ2) is 7.84. The van der Waals surface area contributed by atoms with Crippen LogP contribution in [0.2, 0.25) is 0 Å². The first-order valence-corrected chi connectivity index (χ1v) is 8.32. The lowest BCUT2D eigenvalue weighted by Gasteiger charge is -2.11. The maximum absolute atomic E-state index is 5.61. The summed E-state index contributed by atoms with van der Waals surface area (Å²) in [4.78, 5) is 0. The van der Waals surface area contributed by atoms with Crippen LogP contribution in [-0.2, 0) is 0 Å². The molecule has 22 heavy (non-hydrogen) atoms. The Hall–Kier alpha value is -2.02. The molecule has 1 aromatic carbocycles. The van der Waals surface area contributed by atoms with Gasteiger partial charge in [-0.2, -0.15) is 9.78 Å². The minimum Gasteiger partial charge on any atom is -0.490 e. The number of nitrogens with zero attached hydrogens (tertiary/aromatic N) is 4. The summed E-state index contributed by atoms with van der Waals surface area (Å²) in [5.41, 5.74) is 0.923. The van der Waals surface area contributed by atoms with Gasteiger partial charge in [-0.1, -0.05) is 11.8 Å². The van der Waals surface area contributed by atoms with Crippen molar-refractivity contribution in [2.24, 2.45) is 5.10 Å². The molecule has 0 saturated heterocycles. The standard InChI is InChI=1S/C15H20N4O2S/c1-5-20-13-8-7-12(9-14(13)21-6-2)10-16-19-11(3)17-18-15(19)22-4/h7-10H,5-6H2,1-4H3/b16-10-. The van der Waals surface area contributed by atoms with Crippen molar-refractivity contribution < 1.29 is 9.47 Å². The van der Waals surface area contributed by atoms with E-state index in [-0.39, 0.29) is 0 Å². The maximum atomic E-state index is 5.61. The van der Waals surface area contributed by atoms with Gasteiger partial charge in [0, 0.05) is 0 Å². The Bertz CT molecular complexity index is 655. The van der Waals surface area contributed by atoms with Crippen LogP contribution in [0, 0.1) is 6.92 Å². The zero-order chi connectivity index (χ0) is 15.9. The summed E-state index contributed by atoms with van der Waals surface area (Å²) in [5, 5.41) is 13.3. The number of benzene rings is 1. The van der Waals surface area contributed by atoms with Gasteiger partial charge in [-0.05, 0) is 50.8 Å². The lowest BCUT2D eigenvalue weighted by Crippen LogP contribution is -2.00. The molecule has 6 nitrogen and oxygen atoms in total. The third kappa shape index (κ3) is 3.79. The number of rotatable bonds is 7. The SMILES string of the molecule is CCOc1ccc(/C=N\n2c(C)nnc2SC)cc1OCC. The molecule has 1 aromatic heterocycles. The highest BCUT2D eigenvalue weighted by Gasteiger charge is 2.07. The topological polar surface area (TPSA) is 61.5 Å². The number of aryl methyl sites for hydroxylation is 1. The maximum Gasteiger partial charge on any atom is 0.211 e. The Kier molecular flexibility index (Phi) is 5.83. The van der Waals surface area contributed by atoms with Crippen molar-refractivity contribution in [1.82, 2.24) is 14.9 Å². The van der Waals surface area contributed by atoms with E-state index < -0.39 is 0 Å². The van der Waals surface area contributed by atoms with Crippen LogP contribution in [0.25, 0.3) is 0 Å². The van der Waals surface area contributed by atoms with Crippen LogP contribution in [0.4, 0.5) is 0 Å². The summed E-state index contributed by atoms with van der Waals surface area (Å²) in [5.74, 6) is 2.21. The molecular weight excluding hydrogens is 300 g/mol. The first-order chi connectivity index (χ1) is 10.7. The normalized spacial score (nSPS) is 11.1. The van der Waals surface area contributed by atoms with E-state index >= 15 is 0 Å². The highest BCUT2D eigenvalue weighted by molar-refractivity contribution is 7.98. The lowest BCUT2D eigenvalue weighted by molar-refractivity contribution is 0.288. The molecule has 0 atom stereocenters. The molecule has 7 heteroatoms. The van der Waals surface area contributed by atoms with Crippen LogP contribution >= 0.6 is 11.8 Å². The number of hydrogen-bond donors (Lipinski definition) is 0. The van der Waals surface area contributed by atoms with Crippen LogP contribution < -0.4 is 9.47 Å². The van der Waals surface area contributed by atoms with E-state index in [1.54, 1.807) is 10.9 Å². The van der Waals surface area contributed by atoms with Crippen LogP contribution in [0.3, 0.4) is 0 Å². The van der Waals surface area contributed by atoms with Gasteiger partial charge >= 0.3 is 0 Å². The van der Waals surface area contributed by atoms with E-state index in [0.717, 1.165) is 28.0 Å². The van der Waals surface area contributed by atoms with Crippen molar-refractivity contribution in [2.75, 3.05) is 19.5 Å². The average molecular weight is 320 g/mol. The fourth-order valence-corrected chi connectivity index (χ4v) is 2.35. The predicted molar refractivity (Wildman–Crippen MR) is 88.3 cm³/mol. The molecular formula is C15H20N4O2S. The van der Waals surface area contributed by atoms with Gasteiger partial charge in [-0.15, -0.1) is 10.2 Å². The van der Waals surface area contributed by atoms with Gasteiger partial charge in [-0.3, -0.25) is 0 Å². The summed E-state index contributed by atoms with van der Waals surface area (Å²) < 4.78 is 12.9. The van der Waals surface area contributed by atoms with Crippen LogP contribution in [-0.4, -0.2) is 40.6 Å². The highest BCUT2D eigenvalue weighted by atomic mass is 32.2. The first kappa shape index (κ1) is 16.4. The summed E-state index contributed by atoms with van der Waals surface area (Å²) in [6.07, 6.45) is 3.70. The van der Waals surface area contributed by atoms with E-state index in [1.807, 2.05) is 45.2 Å². The quantitative estimate of drug-likeness (QED) is 0.580. The predicted octanol–water partition coefficient (Wildman–Crippen LogP) is 2.99. The summed E-state index contributed by atoms with van der Waals surface area (Å²) >= 11 is 1.50. The van der Waals surface area contributed by atoms with Gasteiger partial charge in [0.05, 0.1) is 19.4 Å². The lowest BCUT2D eigenvalue weighted by atomic mass is 10.2. The Balaban J connectivity index is 2.27. The van der Waals surface area contributed by atoms with Gasteiger partial charge in [0.2, 0.25) is 5.16 Å². The molecule has 0 saturated carbocycles. The van der Waals surface area contributed by atoms with Crippen molar-refractivity contribution in [1.29, 1.82) is 0 Å². The number of thioether (sulfide) groups is 1. The van der Waals surface area contributed by atoms with E-state index in [4.69, 9.17) is 9.47 Å². The van der Waals surface area contributed by atoms with Crippen LogP contribution in [0.1, 0.15) is 25.2 Å². The average Bonchev–Trinajstić information content (AvgIpc) is 2.88. The monoisotopic (exact) mass is 320 g/mol. The third-order valence-electron chi connectivity index (χ3n) is 2.84. The van der Waals surface area contributed by atoms with Gasteiger partial charge in [-0.25, -0.2) is 0 Å². The van der Waals surface area contributed by atoms with Crippen LogP contribution in [0.5, 0.6) is 11.5 Å². The van der Waals surface area contributed by atoms with Crippen molar-refractivity contribution in [3.63, 3.8) is 0 Å². The molecule has 2 aromatic rings. The van der Waals surface area contributed by atoms with Crippen molar-refractivity contribution in [3.05, 3.63) is 29.6 Å². The summed E-state index contributed by atoms with van der Waals surface area (Å²) in [7, 11) is 0. The zero-order valence-electron chi connectivity index (χ0n) is 13.2. The van der Waals surface area contributed by atoms with Crippen molar-refractivity contribution in [3.8, 4) is 11.5 Å². The molecule has 0 fully saturated rings.